The zero-order chi connectivity index (χ0) is 52.7. The van der Waals surface area contributed by atoms with Crippen LogP contribution in [0.3, 0.4) is 0 Å². The fourth-order valence-electron chi connectivity index (χ4n) is 8.74. The van der Waals surface area contributed by atoms with Gasteiger partial charge in [0.1, 0.15) is 12.7 Å². The van der Waals surface area contributed by atoms with Gasteiger partial charge in [-0.05, 0) is 51.4 Å². The third kappa shape index (κ3) is 52.8. The molecule has 0 aromatic heterocycles. The first kappa shape index (κ1) is 70.0. The van der Waals surface area contributed by atoms with Gasteiger partial charge in [-0.25, -0.2) is 4.57 Å². The first-order valence-corrected chi connectivity index (χ1v) is 31.7. The minimum Gasteiger partial charge on any atom is -0.462 e. The number of carbonyl (C=O) groups excluding carboxylic acids is 3. The second-order valence-corrected chi connectivity index (χ2v) is 22.0. The molecule has 11 nitrogen and oxygen atoms in total. The Hall–Kier alpha value is -2.04. The van der Waals surface area contributed by atoms with Crippen LogP contribution in [0, 0.1) is 0 Å². The van der Waals surface area contributed by atoms with Crippen LogP contribution in [-0.4, -0.2) is 66.5 Å². The van der Waals surface area contributed by atoms with Gasteiger partial charge in [0.05, 0.1) is 19.8 Å². The Morgan fingerprint density at radius 1 is 0.389 bits per heavy atom. The lowest BCUT2D eigenvalue weighted by Gasteiger charge is -2.21. The van der Waals surface area contributed by atoms with E-state index in [-0.39, 0.29) is 25.9 Å². The van der Waals surface area contributed by atoms with Crippen LogP contribution in [-0.2, 0) is 42.2 Å². The van der Waals surface area contributed by atoms with Gasteiger partial charge in [0.2, 0.25) is 0 Å². The van der Waals surface area contributed by atoms with Gasteiger partial charge < -0.3 is 24.2 Å². The SMILES string of the molecule is CCCCC/C=C\C/C=C\CCCCCCCCCC(=O)OC(COC(=O)CCCCCCCCCCCCCCCCC)COP(=O)(O)OCC(CO)OC(=O)CCCCCCCCCCCCCCC. The summed E-state index contributed by atoms with van der Waals surface area (Å²) in [7, 11) is -4.74. The highest BCUT2D eigenvalue weighted by molar-refractivity contribution is 7.47. The zero-order valence-corrected chi connectivity index (χ0v) is 47.8. The molecule has 0 saturated heterocycles. The number of esters is 3. The predicted octanol–water partition coefficient (Wildman–Crippen LogP) is 17.8. The summed E-state index contributed by atoms with van der Waals surface area (Å²) in [5, 5.41) is 9.81. The van der Waals surface area contributed by atoms with Crippen LogP contribution in [0.2, 0.25) is 0 Å². The second kappa shape index (κ2) is 55.2. The number of aliphatic hydroxyl groups excluding tert-OH is 1. The zero-order valence-electron chi connectivity index (χ0n) is 46.9. The highest BCUT2D eigenvalue weighted by atomic mass is 31.2. The molecule has 0 heterocycles. The molecule has 3 atom stereocenters. The summed E-state index contributed by atoms with van der Waals surface area (Å²) in [4.78, 5) is 48.6. The smallest absolute Gasteiger partial charge is 0.462 e. The van der Waals surface area contributed by atoms with Crippen LogP contribution in [0.4, 0.5) is 0 Å². The Morgan fingerprint density at radius 2 is 0.681 bits per heavy atom. The maximum atomic E-state index is 12.9. The molecule has 2 N–H and O–H groups in total. The lowest BCUT2D eigenvalue weighted by molar-refractivity contribution is -0.161. The van der Waals surface area contributed by atoms with E-state index in [4.69, 9.17) is 23.3 Å². The maximum absolute atomic E-state index is 12.9. The van der Waals surface area contributed by atoms with Crippen molar-refractivity contribution < 1.29 is 52.2 Å². The summed E-state index contributed by atoms with van der Waals surface area (Å²) >= 11 is 0. The third-order valence-electron chi connectivity index (χ3n) is 13.4. The average Bonchev–Trinajstić information content (AvgIpc) is 3.37. The van der Waals surface area contributed by atoms with Gasteiger partial charge >= 0.3 is 25.7 Å². The van der Waals surface area contributed by atoms with Gasteiger partial charge in [0, 0.05) is 19.3 Å². The van der Waals surface area contributed by atoms with Gasteiger partial charge in [0.15, 0.2) is 6.10 Å². The number of allylic oxidation sites excluding steroid dienone is 4. The summed E-state index contributed by atoms with van der Waals surface area (Å²) in [6.07, 6.45) is 55.5. The fraction of sp³-hybridized carbons (Fsp3) is 0.883. The van der Waals surface area contributed by atoms with Crippen molar-refractivity contribution in [3.8, 4) is 0 Å². The van der Waals surface area contributed by atoms with Gasteiger partial charge in [-0.3, -0.25) is 23.4 Å². The molecule has 0 aromatic carbocycles. The number of phosphoric ester groups is 1. The molecule has 72 heavy (non-hydrogen) atoms. The van der Waals surface area contributed by atoms with Crippen molar-refractivity contribution in [1.29, 1.82) is 0 Å². The molecule has 0 aliphatic rings. The summed E-state index contributed by atoms with van der Waals surface area (Å²) in [5.41, 5.74) is 0. The van der Waals surface area contributed by atoms with Crippen LogP contribution in [0.15, 0.2) is 24.3 Å². The molecule has 0 aliphatic carbocycles. The van der Waals surface area contributed by atoms with E-state index in [9.17, 15) is 28.9 Å². The Kier molecular flexibility index (Phi) is 53.6. The maximum Gasteiger partial charge on any atom is 0.472 e. The summed E-state index contributed by atoms with van der Waals surface area (Å²) in [6.45, 7) is 4.67. The molecule has 0 fully saturated rings. The molecule has 0 saturated carbocycles. The quantitative estimate of drug-likeness (QED) is 0.0197. The first-order valence-electron chi connectivity index (χ1n) is 30.2. The standard InChI is InChI=1S/C60H113O11P/c1-4-7-10-13-16-19-22-25-27-28-30-33-36-39-42-45-48-51-60(64)71-57(53-67-58(62)49-46-43-40-37-34-32-29-26-23-20-17-14-11-8-5-2)55-69-72(65,66)68-54-56(52-61)70-59(63)50-47-44-41-38-35-31-24-21-18-15-12-9-6-3/h16,19,25,27,56-57,61H,4-15,17-18,20-24,26,28-55H2,1-3H3,(H,65,66)/b19-16-,27-25-. The minimum atomic E-state index is -4.74. The van der Waals surface area contributed by atoms with Crippen LogP contribution in [0.25, 0.3) is 0 Å². The normalized spacial score (nSPS) is 13.5. The number of rotatable bonds is 57. The Morgan fingerprint density at radius 3 is 1.06 bits per heavy atom. The van der Waals surface area contributed by atoms with Crippen LogP contribution in [0.1, 0.15) is 303 Å². The monoisotopic (exact) mass is 1040 g/mol. The lowest BCUT2D eigenvalue weighted by atomic mass is 10.0. The molecule has 0 amide bonds. The highest BCUT2D eigenvalue weighted by Crippen LogP contribution is 2.43. The molecule has 0 rings (SSSR count). The first-order chi connectivity index (χ1) is 35.2. The van der Waals surface area contributed by atoms with E-state index in [1.807, 2.05) is 0 Å². The van der Waals surface area contributed by atoms with Crippen molar-refractivity contribution in [1.82, 2.24) is 0 Å². The largest absolute Gasteiger partial charge is 0.472 e. The molecule has 0 radical (unpaired) electrons. The molecule has 0 bridgehead atoms. The Balaban J connectivity index is 4.69. The molecule has 0 aromatic rings. The van der Waals surface area contributed by atoms with Crippen molar-refractivity contribution >= 4 is 25.7 Å². The highest BCUT2D eigenvalue weighted by Gasteiger charge is 2.28. The summed E-state index contributed by atoms with van der Waals surface area (Å²) < 4.78 is 39.6. The Labute approximate surface area is 442 Å². The second-order valence-electron chi connectivity index (χ2n) is 20.5. The number of carbonyl (C=O) groups is 3. The van der Waals surface area contributed by atoms with E-state index in [0.29, 0.717) is 19.3 Å². The van der Waals surface area contributed by atoms with E-state index in [2.05, 4.69) is 45.1 Å². The summed E-state index contributed by atoms with van der Waals surface area (Å²) in [6, 6.07) is 0. The number of phosphoric acid groups is 1. The van der Waals surface area contributed by atoms with Crippen molar-refractivity contribution in [3.05, 3.63) is 24.3 Å². The lowest BCUT2D eigenvalue weighted by Crippen LogP contribution is -2.30. The molecular weight excluding hydrogens is 928 g/mol. The minimum absolute atomic E-state index is 0.164. The fourth-order valence-corrected chi connectivity index (χ4v) is 9.53. The van der Waals surface area contributed by atoms with E-state index in [1.54, 1.807) is 0 Å². The van der Waals surface area contributed by atoms with Crippen LogP contribution in [0.5, 0.6) is 0 Å². The number of ether oxygens (including phenoxy) is 3. The van der Waals surface area contributed by atoms with Crippen molar-refractivity contribution in [3.63, 3.8) is 0 Å². The Bertz CT molecular complexity index is 1310. The van der Waals surface area contributed by atoms with E-state index >= 15 is 0 Å². The van der Waals surface area contributed by atoms with Gasteiger partial charge in [-0.1, -0.05) is 257 Å². The number of aliphatic hydroxyl groups is 1. The molecule has 0 aliphatic heterocycles. The van der Waals surface area contributed by atoms with Gasteiger partial charge in [0.25, 0.3) is 0 Å². The summed E-state index contributed by atoms with van der Waals surface area (Å²) in [5.74, 6) is -1.45. The van der Waals surface area contributed by atoms with E-state index < -0.39 is 57.8 Å². The number of hydrogen-bond acceptors (Lipinski definition) is 10. The van der Waals surface area contributed by atoms with Gasteiger partial charge in [-0.2, -0.15) is 0 Å². The topological polar surface area (TPSA) is 155 Å². The molecular formula is C60H113O11P. The number of hydrogen-bond donors (Lipinski definition) is 2. The third-order valence-corrected chi connectivity index (χ3v) is 14.3. The van der Waals surface area contributed by atoms with Crippen molar-refractivity contribution in [2.24, 2.45) is 0 Å². The molecule has 3 unspecified atom stereocenters. The van der Waals surface area contributed by atoms with E-state index in [1.165, 1.54) is 167 Å². The van der Waals surface area contributed by atoms with Crippen molar-refractivity contribution in [2.45, 2.75) is 315 Å². The van der Waals surface area contributed by atoms with Crippen molar-refractivity contribution in [2.75, 3.05) is 26.4 Å². The molecule has 12 heteroatoms. The van der Waals surface area contributed by atoms with Crippen LogP contribution < -0.4 is 0 Å². The predicted molar refractivity (Wildman–Crippen MR) is 298 cm³/mol. The average molecular weight is 1040 g/mol. The molecule has 424 valence electrons. The van der Waals surface area contributed by atoms with Gasteiger partial charge in [-0.15, -0.1) is 0 Å². The molecule has 0 spiro atoms. The van der Waals surface area contributed by atoms with Crippen LogP contribution >= 0.6 is 7.82 Å². The number of unbranched alkanes of at least 4 members (excludes halogenated alkanes) is 36. The van der Waals surface area contributed by atoms with E-state index in [0.717, 1.165) is 77.0 Å².